The first kappa shape index (κ1) is 20.7. The fourth-order valence-electron chi connectivity index (χ4n) is 2.05. The maximum absolute atomic E-state index is 12.4. The van der Waals surface area contributed by atoms with Gasteiger partial charge in [-0.15, -0.1) is 11.3 Å². The first-order chi connectivity index (χ1) is 12.6. The summed E-state index contributed by atoms with van der Waals surface area (Å²) in [5.74, 6) is -1.46. The summed E-state index contributed by atoms with van der Waals surface area (Å²) in [6, 6.07) is 9.24. The van der Waals surface area contributed by atoms with Crippen molar-refractivity contribution in [2.45, 2.75) is 18.7 Å². The van der Waals surface area contributed by atoms with Crippen LogP contribution >= 0.6 is 11.3 Å². The van der Waals surface area contributed by atoms with Crippen LogP contribution in [0.4, 0.5) is 0 Å². The van der Waals surface area contributed by atoms with Crippen LogP contribution in [-0.4, -0.2) is 43.9 Å². The largest absolute Gasteiger partial charge is 0.294 e. The van der Waals surface area contributed by atoms with Gasteiger partial charge < -0.3 is 0 Å². The number of sulfonamides is 1. The molecule has 0 fully saturated rings. The number of hydrogen-bond donors (Lipinski definition) is 2. The Bertz CT molecular complexity index is 965. The molecule has 1 aromatic carbocycles. The van der Waals surface area contributed by atoms with E-state index in [1.807, 2.05) is 6.92 Å². The number of Topliss-reactive ketones (excluding diaryl/α,β-unsaturated/α-hetero) is 1. The highest BCUT2D eigenvalue weighted by molar-refractivity contribution is 7.89. The van der Waals surface area contributed by atoms with Gasteiger partial charge in [0.05, 0.1) is 21.2 Å². The van der Waals surface area contributed by atoms with Crippen molar-refractivity contribution in [3.05, 3.63) is 51.7 Å². The summed E-state index contributed by atoms with van der Waals surface area (Å²) in [7, 11) is -2.55. The average molecular weight is 409 g/mol. The minimum Gasteiger partial charge on any atom is -0.294 e. The molecule has 0 aliphatic carbocycles. The molecule has 0 atom stereocenters. The Morgan fingerprint density at radius 1 is 1.00 bits per heavy atom. The van der Waals surface area contributed by atoms with E-state index in [0.717, 1.165) is 21.2 Å². The SMILES string of the molecule is CC(=O)c1ccc(C(=O)NNC(=O)CN(C)S(=O)(=O)c2ccc(C)cc2)s1. The molecule has 0 bridgehead atoms. The molecule has 0 saturated heterocycles. The van der Waals surface area contributed by atoms with Gasteiger partial charge in [0.1, 0.15) is 0 Å². The van der Waals surface area contributed by atoms with Crippen molar-refractivity contribution in [1.82, 2.24) is 15.2 Å². The summed E-state index contributed by atoms with van der Waals surface area (Å²) >= 11 is 0.998. The Labute approximate surface area is 161 Å². The number of hydrazine groups is 1. The number of benzene rings is 1. The second kappa shape index (κ2) is 8.42. The van der Waals surface area contributed by atoms with Gasteiger partial charge in [-0.25, -0.2) is 8.42 Å². The van der Waals surface area contributed by atoms with E-state index in [4.69, 9.17) is 0 Å². The van der Waals surface area contributed by atoms with Gasteiger partial charge in [-0.05, 0) is 38.1 Å². The van der Waals surface area contributed by atoms with Gasteiger partial charge in [0, 0.05) is 7.05 Å². The molecule has 2 aromatic rings. The summed E-state index contributed by atoms with van der Waals surface area (Å²) < 4.78 is 25.8. The average Bonchev–Trinajstić information content (AvgIpc) is 3.10. The number of thiophene rings is 1. The summed E-state index contributed by atoms with van der Waals surface area (Å²) in [6.07, 6.45) is 0. The third-order valence-electron chi connectivity index (χ3n) is 3.59. The van der Waals surface area contributed by atoms with Crippen LogP contribution in [0.15, 0.2) is 41.3 Å². The molecule has 27 heavy (non-hydrogen) atoms. The monoisotopic (exact) mass is 409 g/mol. The number of nitrogens with zero attached hydrogens (tertiary/aromatic N) is 1. The Balaban J connectivity index is 1.93. The predicted molar refractivity (Wildman–Crippen MR) is 101 cm³/mol. The van der Waals surface area contributed by atoms with E-state index in [-0.39, 0.29) is 15.6 Å². The highest BCUT2D eigenvalue weighted by atomic mass is 32.2. The number of nitrogens with one attached hydrogen (secondary N) is 2. The normalized spacial score (nSPS) is 11.3. The molecule has 1 heterocycles. The second-order valence-corrected chi connectivity index (χ2v) is 8.93. The Morgan fingerprint density at radius 3 is 2.15 bits per heavy atom. The van der Waals surface area contributed by atoms with Gasteiger partial charge >= 0.3 is 0 Å². The van der Waals surface area contributed by atoms with E-state index in [0.29, 0.717) is 4.88 Å². The Hall–Kier alpha value is -2.56. The zero-order chi connectivity index (χ0) is 20.2. The number of likely N-dealkylation sites (N-methyl/N-ethyl adjacent to an activating group) is 1. The first-order valence-electron chi connectivity index (χ1n) is 7.84. The highest BCUT2D eigenvalue weighted by Crippen LogP contribution is 2.17. The van der Waals surface area contributed by atoms with E-state index in [1.165, 1.54) is 38.2 Å². The Kier molecular flexibility index (Phi) is 6.47. The van der Waals surface area contributed by atoms with E-state index < -0.39 is 28.4 Å². The van der Waals surface area contributed by atoms with Crippen LogP contribution in [0, 0.1) is 6.92 Å². The standard InChI is InChI=1S/C17H19N3O5S2/c1-11-4-6-13(7-5-11)27(24,25)20(3)10-16(22)18-19-17(23)15-9-8-14(26-15)12(2)21/h4-9H,10H2,1-3H3,(H,18,22)(H,19,23). The molecule has 2 amide bonds. The lowest BCUT2D eigenvalue weighted by Crippen LogP contribution is -2.46. The quantitative estimate of drug-likeness (QED) is 0.552. The third kappa shape index (κ3) is 5.22. The van der Waals surface area contributed by atoms with Crippen molar-refractivity contribution >= 4 is 39.0 Å². The van der Waals surface area contributed by atoms with Crippen molar-refractivity contribution in [1.29, 1.82) is 0 Å². The van der Waals surface area contributed by atoms with Gasteiger partial charge in [0.25, 0.3) is 11.8 Å². The van der Waals surface area contributed by atoms with Crippen LogP contribution < -0.4 is 10.9 Å². The molecule has 0 spiro atoms. The number of hydrogen-bond acceptors (Lipinski definition) is 6. The van der Waals surface area contributed by atoms with E-state index in [1.54, 1.807) is 12.1 Å². The topological polar surface area (TPSA) is 113 Å². The summed E-state index contributed by atoms with van der Waals surface area (Å²) in [5.41, 5.74) is 5.27. The van der Waals surface area contributed by atoms with Crippen molar-refractivity contribution in [3.63, 3.8) is 0 Å². The maximum atomic E-state index is 12.4. The van der Waals surface area contributed by atoms with Crippen molar-refractivity contribution in [3.8, 4) is 0 Å². The smallest absolute Gasteiger partial charge is 0.279 e. The number of amides is 2. The lowest BCUT2D eigenvalue weighted by Gasteiger charge is -2.17. The number of rotatable bonds is 6. The molecule has 2 rings (SSSR count). The lowest BCUT2D eigenvalue weighted by atomic mass is 10.2. The van der Waals surface area contributed by atoms with E-state index in [9.17, 15) is 22.8 Å². The zero-order valence-corrected chi connectivity index (χ0v) is 16.6. The number of aryl methyl sites for hydroxylation is 1. The minimum absolute atomic E-state index is 0.0720. The molecule has 0 unspecified atom stereocenters. The van der Waals surface area contributed by atoms with Crippen LogP contribution in [0.25, 0.3) is 0 Å². The highest BCUT2D eigenvalue weighted by Gasteiger charge is 2.23. The van der Waals surface area contributed by atoms with Gasteiger partial charge in [0.2, 0.25) is 10.0 Å². The molecule has 144 valence electrons. The molecule has 0 radical (unpaired) electrons. The van der Waals surface area contributed by atoms with Crippen LogP contribution in [0.1, 0.15) is 31.8 Å². The molecule has 8 nitrogen and oxygen atoms in total. The number of carbonyl (C=O) groups excluding carboxylic acids is 3. The van der Waals surface area contributed by atoms with E-state index >= 15 is 0 Å². The third-order valence-corrected chi connectivity index (χ3v) is 6.59. The Morgan fingerprint density at radius 2 is 1.59 bits per heavy atom. The molecule has 0 aliphatic heterocycles. The van der Waals surface area contributed by atoms with Crippen LogP contribution in [0.5, 0.6) is 0 Å². The lowest BCUT2D eigenvalue weighted by molar-refractivity contribution is -0.121. The minimum atomic E-state index is -3.82. The maximum Gasteiger partial charge on any atom is 0.279 e. The summed E-state index contributed by atoms with van der Waals surface area (Å²) in [5, 5.41) is 0. The van der Waals surface area contributed by atoms with Crippen LogP contribution in [-0.2, 0) is 14.8 Å². The van der Waals surface area contributed by atoms with E-state index in [2.05, 4.69) is 10.9 Å². The fourth-order valence-corrected chi connectivity index (χ4v) is 3.98. The molecule has 2 N–H and O–H groups in total. The van der Waals surface area contributed by atoms with Crippen molar-refractivity contribution in [2.24, 2.45) is 0 Å². The van der Waals surface area contributed by atoms with Crippen LogP contribution in [0.2, 0.25) is 0 Å². The summed E-state index contributed by atoms with van der Waals surface area (Å²) in [4.78, 5) is 35.9. The van der Waals surface area contributed by atoms with Gasteiger partial charge in [-0.2, -0.15) is 4.31 Å². The molecular weight excluding hydrogens is 390 g/mol. The molecule has 0 saturated carbocycles. The number of carbonyl (C=O) groups is 3. The molecule has 10 heteroatoms. The van der Waals surface area contributed by atoms with Crippen molar-refractivity contribution < 1.29 is 22.8 Å². The van der Waals surface area contributed by atoms with Crippen LogP contribution in [0.3, 0.4) is 0 Å². The fraction of sp³-hybridized carbons (Fsp3) is 0.235. The van der Waals surface area contributed by atoms with Gasteiger partial charge in [-0.3, -0.25) is 25.2 Å². The summed E-state index contributed by atoms with van der Waals surface area (Å²) in [6.45, 7) is 2.75. The number of ketones is 1. The van der Waals surface area contributed by atoms with Crippen molar-refractivity contribution in [2.75, 3.05) is 13.6 Å². The molecule has 1 aromatic heterocycles. The molecule has 0 aliphatic rings. The van der Waals surface area contributed by atoms with Gasteiger partial charge in [-0.1, -0.05) is 17.7 Å². The predicted octanol–water partition coefficient (Wildman–Crippen LogP) is 1.34. The molecular formula is C17H19N3O5S2. The first-order valence-corrected chi connectivity index (χ1v) is 10.1. The van der Waals surface area contributed by atoms with Gasteiger partial charge in [0.15, 0.2) is 5.78 Å². The second-order valence-electron chi connectivity index (χ2n) is 5.80. The zero-order valence-electron chi connectivity index (χ0n) is 15.0.